The maximum atomic E-state index is 5.63. The quantitative estimate of drug-likeness (QED) is 0.771. The second-order valence-electron chi connectivity index (χ2n) is 4.37. The zero-order chi connectivity index (χ0) is 11.1. The van der Waals surface area contributed by atoms with E-state index in [0.29, 0.717) is 6.61 Å². The lowest BCUT2D eigenvalue weighted by Gasteiger charge is -2.22. The molecule has 1 aliphatic heterocycles. The average molecular weight is 220 g/mol. The fourth-order valence-corrected chi connectivity index (χ4v) is 2.08. The molecule has 0 aliphatic carbocycles. The maximum Gasteiger partial charge on any atom is 0.0887 e. The van der Waals surface area contributed by atoms with Gasteiger partial charge in [0, 0.05) is 12.8 Å². The van der Waals surface area contributed by atoms with E-state index in [1.54, 1.807) is 0 Å². The van der Waals surface area contributed by atoms with E-state index in [-0.39, 0.29) is 0 Å². The standard InChI is InChI=1S/C13H20N2O/c1-2-8-15-13(5-1)11-16-9-6-12-4-3-7-14-10-12/h1-2,5,8,12,14H,3-4,6-7,9-11H2/t12-/m0/s1. The van der Waals surface area contributed by atoms with Gasteiger partial charge in [0.15, 0.2) is 0 Å². The molecular formula is C13H20N2O. The van der Waals surface area contributed by atoms with Gasteiger partial charge in [-0.05, 0) is 50.4 Å². The molecular weight excluding hydrogens is 200 g/mol. The first-order valence-corrected chi connectivity index (χ1v) is 6.13. The lowest BCUT2D eigenvalue weighted by molar-refractivity contribution is 0.101. The highest BCUT2D eigenvalue weighted by molar-refractivity contribution is 5.01. The van der Waals surface area contributed by atoms with Gasteiger partial charge in [-0.3, -0.25) is 4.98 Å². The number of nitrogens with zero attached hydrogens (tertiary/aromatic N) is 1. The van der Waals surface area contributed by atoms with Gasteiger partial charge >= 0.3 is 0 Å². The van der Waals surface area contributed by atoms with Crippen LogP contribution in [0.15, 0.2) is 24.4 Å². The molecule has 0 aromatic carbocycles. The third-order valence-corrected chi connectivity index (χ3v) is 3.05. The molecule has 1 aromatic rings. The lowest BCUT2D eigenvalue weighted by Crippen LogP contribution is -2.30. The molecule has 1 N–H and O–H groups in total. The highest BCUT2D eigenvalue weighted by atomic mass is 16.5. The predicted octanol–water partition coefficient (Wildman–Crippen LogP) is 1.99. The van der Waals surface area contributed by atoms with E-state index < -0.39 is 0 Å². The van der Waals surface area contributed by atoms with Crippen LogP contribution in [0.3, 0.4) is 0 Å². The van der Waals surface area contributed by atoms with Crippen molar-refractivity contribution in [2.24, 2.45) is 5.92 Å². The van der Waals surface area contributed by atoms with E-state index in [2.05, 4.69) is 10.3 Å². The molecule has 16 heavy (non-hydrogen) atoms. The van der Waals surface area contributed by atoms with Crippen LogP contribution in [0.4, 0.5) is 0 Å². The summed E-state index contributed by atoms with van der Waals surface area (Å²) < 4.78 is 5.63. The number of rotatable bonds is 5. The predicted molar refractivity (Wildman–Crippen MR) is 64.1 cm³/mol. The van der Waals surface area contributed by atoms with E-state index in [1.165, 1.54) is 25.8 Å². The molecule has 88 valence electrons. The fraction of sp³-hybridized carbons (Fsp3) is 0.615. The van der Waals surface area contributed by atoms with Crippen molar-refractivity contribution in [2.45, 2.75) is 25.9 Å². The summed E-state index contributed by atoms with van der Waals surface area (Å²) in [5.41, 5.74) is 1.02. The Morgan fingerprint density at radius 1 is 1.44 bits per heavy atom. The second-order valence-corrected chi connectivity index (χ2v) is 4.37. The van der Waals surface area contributed by atoms with Gasteiger partial charge in [0.1, 0.15) is 0 Å². The summed E-state index contributed by atoms with van der Waals surface area (Å²) in [7, 11) is 0. The third kappa shape index (κ3) is 3.91. The summed E-state index contributed by atoms with van der Waals surface area (Å²) in [6.45, 7) is 3.84. The fourth-order valence-electron chi connectivity index (χ4n) is 2.08. The van der Waals surface area contributed by atoms with Gasteiger partial charge in [-0.1, -0.05) is 6.07 Å². The molecule has 1 aliphatic rings. The van der Waals surface area contributed by atoms with Gasteiger partial charge in [0.05, 0.1) is 12.3 Å². The Bertz CT molecular complexity index is 283. The van der Waals surface area contributed by atoms with Crippen LogP contribution in [0.25, 0.3) is 0 Å². The highest BCUT2D eigenvalue weighted by Gasteiger charge is 2.12. The first kappa shape index (κ1) is 11.6. The van der Waals surface area contributed by atoms with Crippen molar-refractivity contribution in [1.29, 1.82) is 0 Å². The number of aromatic nitrogens is 1. The Morgan fingerprint density at radius 3 is 3.19 bits per heavy atom. The van der Waals surface area contributed by atoms with Crippen molar-refractivity contribution >= 4 is 0 Å². The number of nitrogens with one attached hydrogen (secondary N) is 1. The molecule has 0 saturated carbocycles. The van der Waals surface area contributed by atoms with Crippen LogP contribution in [0.2, 0.25) is 0 Å². The molecule has 1 aromatic heterocycles. The maximum absolute atomic E-state index is 5.63. The molecule has 0 bridgehead atoms. The van der Waals surface area contributed by atoms with Crippen LogP contribution < -0.4 is 5.32 Å². The molecule has 1 saturated heterocycles. The molecule has 0 unspecified atom stereocenters. The zero-order valence-electron chi connectivity index (χ0n) is 9.69. The molecule has 3 heteroatoms. The minimum absolute atomic E-state index is 0.640. The Kier molecular flexibility index (Phi) is 4.77. The summed E-state index contributed by atoms with van der Waals surface area (Å²) >= 11 is 0. The van der Waals surface area contributed by atoms with Gasteiger partial charge in [-0.15, -0.1) is 0 Å². The summed E-state index contributed by atoms with van der Waals surface area (Å²) in [4.78, 5) is 4.23. The van der Waals surface area contributed by atoms with Gasteiger partial charge < -0.3 is 10.1 Å². The Balaban J connectivity index is 1.58. The number of hydrogen-bond donors (Lipinski definition) is 1. The smallest absolute Gasteiger partial charge is 0.0887 e. The molecule has 0 spiro atoms. The summed E-state index contributed by atoms with van der Waals surface area (Å²) in [5, 5.41) is 3.43. The van der Waals surface area contributed by atoms with E-state index in [4.69, 9.17) is 4.74 Å². The molecule has 2 heterocycles. The summed E-state index contributed by atoms with van der Waals surface area (Å²) in [5.74, 6) is 0.803. The Labute approximate surface area is 97.2 Å². The normalized spacial score (nSPS) is 20.9. The van der Waals surface area contributed by atoms with Gasteiger partial charge in [0.2, 0.25) is 0 Å². The van der Waals surface area contributed by atoms with E-state index in [9.17, 15) is 0 Å². The third-order valence-electron chi connectivity index (χ3n) is 3.05. The minimum atomic E-state index is 0.640. The summed E-state index contributed by atoms with van der Waals surface area (Å²) in [6.07, 6.45) is 5.63. The van der Waals surface area contributed by atoms with Crippen molar-refractivity contribution < 1.29 is 4.74 Å². The van der Waals surface area contributed by atoms with Gasteiger partial charge in [-0.2, -0.15) is 0 Å². The SMILES string of the molecule is c1ccc(COCC[C@@H]2CCCNC2)nc1. The monoisotopic (exact) mass is 220 g/mol. The van der Waals surface area contributed by atoms with Crippen LogP contribution in [-0.4, -0.2) is 24.7 Å². The average Bonchev–Trinajstić information content (AvgIpc) is 2.37. The largest absolute Gasteiger partial charge is 0.375 e. The summed E-state index contributed by atoms with van der Waals surface area (Å²) in [6, 6.07) is 5.93. The van der Waals surface area contributed by atoms with Crippen LogP contribution in [-0.2, 0) is 11.3 Å². The minimum Gasteiger partial charge on any atom is -0.375 e. The molecule has 1 fully saturated rings. The van der Waals surface area contributed by atoms with Crippen LogP contribution in [0.5, 0.6) is 0 Å². The number of hydrogen-bond acceptors (Lipinski definition) is 3. The first-order valence-electron chi connectivity index (χ1n) is 6.13. The van der Waals surface area contributed by atoms with E-state index >= 15 is 0 Å². The Morgan fingerprint density at radius 2 is 2.44 bits per heavy atom. The molecule has 1 atom stereocenters. The van der Waals surface area contributed by atoms with Gasteiger partial charge in [0.25, 0.3) is 0 Å². The molecule has 2 rings (SSSR count). The van der Waals surface area contributed by atoms with Crippen LogP contribution in [0.1, 0.15) is 25.0 Å². The number of ether oxygens (including phenoxy) is 1. The number of piperidine rings is 1. The van der Waals surface area contributed by atoms with Crippen molar-refractivity contribution in [3.8, 4) is 0 Å². The van der Waals surface area contributed by atoms with Crippen LogP contribution >= 0.6 is 0 Å². The van der Waals surface area contributed by atoms with Crippen LogP contribution in [0, 0.1) is 5.92 Å². The van der Waals surface area contributed by atoms with E-state index in [1.807, 2.05) is 24.4 Å². The van der Waals surface area contributed by atoms with Crippen molar-refractivity contribution in [3.63, 3.8) is 0 Å². The number of pyridine rings is 1. The first-order chi connectivity index (χ1) is 7.95. The van der Waals surface area contributed by atoms with Gasteiger partial charge in [-0.25, -0.2) is 0 Å². The van der Waals surface area contributed by atoms with Crippen molar-refractivity contribution in [1.82, 2.24) is 10.3 Å². The molecule has 0 amide bonds. The lowest BCUT2D eigenvalue weighted by atomic mass is 9.97. The second kappa shape index (κ2) is 6.61. The van der Waals surface area contributed by atoms with Crippen molar-refractivity contribution in [2.75, 3.05) is 19.7 Å². The molecule has 0 radical (unpaired) electrons. The zero-order valence-corrected chi connectivity index (χ0v) is 9.69. The highest BCUT2D eigenvalue weighted by Crippen LogP contribution is 2.13. The Hall–Kier alpha value is -0.930. The van der Waals surface area contributed by atoms with E-state index in [0.717, 1.165) is 24.8 Å². The van der Waals surface area contributed by atoms with Crippen molar-refractivity contribution in [3.05, 3.63) is 30.1 Å². The molecule has 3 nitrogen and oxygen atoms in total. The topological polar surface area (TPSA) is 34.1 Å².